The zero-order valence-electron chi connectivity index (χ0n) is 11.5. The third kappa shape index (κ3) is 2.72. The van der Waals surface area contributed by atoms with Crippen LogP contribution < -0.4 is 5.73 Å². The third-order valence-corrected chi connectivity index (χ3v) is 4.02. The molecule has 2 N–H and O–H groups in total. The summed E-state index contributed by atoms with van der Waals surface area (Å²) in [6, 6.07) is 0.597. The second kappa shape index (κ2) is 5.19. The number of guanidine groups is 1. The summed E-state index contributed by atoms with van der Waals surface area (Å²) in [5, 5.41) is 8.54. The van der Waals surface area contributed by atoms with Gasteiger partial charge < -0.3 is 15.2 Å². The molecule has 2 heterocycles. The number of rotatable bonds is 3. The van der Waals surface area contributed by atoms with E-state index in [9.17, 15) is 0 Å². The van der Waals surface area contributed by atoms with Crippen molar-refractivity contribution in [1.82, 2.24) is 19.7 Å². The van der Waals surface area contributed by atoms with Crippen molar-refractivity contribution in [3.63, 3.8) is 0 Å². The van der Waals surface area contributed by atoms with Crippen molar-refractivity contribution in [2.24, 2.45) is 10.7 Å². The molecule has 1 aliphatic heterocycles. The lowest BCUT2D eigenvalue weighted by atomic mass is 10.2. The first-order chi connectivity index (χ1) is 9.25. The van der Waals surface area contributed by atoms with Crippen LogP contribution in [0.1, 0.15) is 43.8 Å². The maximum absolute atomic E-state index is 6.00. The molecule has 3 rings (SSSR count). The minimum absolute atomic E-state index is 0.538. The molecule has 0 atom stereocenters. The lowest BCUT2D eigenvalue weighted by Gasteiger charge is -2.16. The van der Waals surface area contributed by atoms with Gasteiger partial charge in [-0.2, -0.15) is 0 Å². The number of aliphatic imine (C=N–C) groups is 1. The highest BCUT2D eigenvalue weighted by atomic mass is 15.3. The molecule has 1 saturated carbocycles. The predicted molar refractivity (Wildman–Crippen MR) is 73.7 cm³/mol. The van der Waals surface area contributed by atoms with Crippen molar-refractivity contribution in [3.05, 3.63) is 11.6 Å². The van der Waals surface area contributed by atoms with Crippen LogP contribution in [-0.2, 0) is 19.5 Å². The Hall–Kier alpha value is -1.59. The predicted octanol–water partition coefficient (Wildman–Crippen LogP) is 0.913. The molecule has 1 aromatic rings. The Morgan fingerprint density at radius 2 is 2.21 bits per heavy atom. The maximum atomic E-state index is 6.00. The summed E-state index contributed by atoms with van der Waals surface area (Å²) in [5.74, 6) is 2.68. The highest BCUT2D eigenvalue weighted by Gasteiger charge is 2.27. The van der Waals surface area contributed by atoms with Gasteiger partial charge in [0.2, 0.25) is 0 Å². The van der Waals surface area contributed by atoms with Crippen molar-refractivity contribution >= 4 is 5.96 Å². The largest absolute Gasteiger partial charge is 0.370 e. The maximum Gasteiger partial charge on any atom is 0.191 e. The van der Waals surface area contributed by atoms with E-state index in [1.807, 2.05) is 7.05 Å². The Balaban J connectivity index is 1.69. The summed E-state index contributed by atoms with van der Waals surface area (Å²) in [6.07, 6.45) is 7.19. The van der Waals surface area contributed by atoms with Crippen molar-refractivity contribution in [2.45, 2.75) is 57.7 Å². The normalized spacial score (nSPS) is 19.9. The van der Waals surface area contributed by atoms with Gasteiger partial charge in [0.25, 0.3) is 0 Å². The molecule has 0 spiro atoms. The van der Waals surface area contributed by atoms with Crippen LogP contribution in [0, 0.1) is 0 Å². The lowest BCUT2D eigenvalue weighted by Crippen LogP contribution is -2.35. The average molecular weight is 262 g/mol. The molecule has 0 radical (unpaired) electrons. The second-order valence-electron chi connectivity index (χ2n) is 5.51. The van der Waals surface area contributed by atoms with Crippen molar-refractivity contribution in [1.29, 1.82) is 0 Å². The van der Waals surface area contributed by atoms with Gasteiger partial charge in [0, 0.05) is 26.1 Å². The van der Waals surface area contributed by atoms with Gasteiger partial charge >= 0.3 is 0 Å². The van der Waals surface area contributed by atoms with Crippen LogP contribution in [0.3, 0.4) is 0 Å². The van der Waals surface area contributed by atoms with Gasteiger partial charge in [0.05, 0.1) is 0 Å². The molecule has 6 nitrogen and oxygen atoms in total. The molecule has 19 heavy (non-hydrogen) atoms. The smallest absolute Gasteiger partial charge is 0.191 e. The third-order valence-electron chi connectivity index (χ3n) is 4.02. The van der Waals surface area contributed by atoms with E-state index in [1.54, 1.807) is 0 Å². The van der Waals surface area contributed by atoms with Gasteiger partial charge in [-0.1, -0.05) is 6.42 Å². The summed E-state index contributed by atoms with van der Waals surface area (Å²) in [6.45, 7) is 1.56. The van der Waals surface area contributed by atoms with Crippen LogP contribution in [0.25, 0.3) is 0 Å². The molecule has 0 unspecified atom stereocenters. The van der Waals surface area contributed by atoms with Crippen LogP contribution in [0.2, 0.25) is 0 Å². The van der Waals surface area contributed by atoms with Gasteiger partial charge in [-0.3, -0.25) is 0 Å². The van der Waals surface area contributed by atoms with Gasteiger partial charge in [0.1, 0.15) is 12.4 Å². The first kappa shape index (κ1) is 12.4. The SMILES string of the molecule is CN(C(N)=NCc1nnc2n1CCCCC2)C1CC1. The van der Waals surface area contributed by atoms with E-state index < -0.39 is 0 Å². The number of fused-ring (bicyclic) bond motifs is 1. The molecule has 0 amide bonds. The summed E-state index contributed by atoms with van der Waals surface area (Å²) >= 11 is 0. The fourth-order valence-corrected chi connectivity index (χ4v) is 2.57. The van der Waals surface area contributed by atoms with E-state index in [0.29, 0.717) is 18.5 Å². The number of aromatic nitrogens is 3. The first-order valence-corrected chi connectivity index (χ1v) is 7.19. The summed E-state index contributed by atoms with van der Waals surface area (Å²) in [4.78, 5) is 6.53. The van der Waals surface area contributed by atoms with Gasteiger partial charge in [-0.05, 0) is 25.7 Å². The fraction of sp³-hybridized carbons (Fsp3) is 0.769. The molecule has 6 heteroatoms. The molecular weight excluding hydrogens is 240 g/mol. The first-order valence-electron chi connectivity index (χ1n) is 7.19. The summed E-state index contributed by atoms with van der Waals surface area (Å²) < 4.78 is 2.22. The van der Waals surface area contributed by atoms with Crippen LogP contribution in [0.5, 0.6) is 0 Å². The van der Waals surface area contributed by atoms with E-state index in [0.717, 1.165) is 24.6 Å². The van der Waals surface area contributed by atoms with Crippen LogP contribution in [0.15, 0.2) is 4.99 Å². The quantitative estimate of drug-likeness (QED) is 0.649. The molecule has 2 aliphatic rings. The van der Waals surface area contributed by atoms with E-state index in [-0.39, 0.29) is 0 Å². The lowest BCUT2D eigenvalue weighted by molar-refractivity contribution is 0.486. The van der Waals surface area contributed by atoms with Crippen molar-refractivity contribution in [3.8, 4) is 0 Å². The fourth-order valence-electron chi connectivity index (χ4n) is 2.57. The van der Waals surface area contributed by atoms with E-state index in [4.69, 9.17) is 5.73 Å². The average Bonchev–Trinajstić information content (AvgIpc) is 3.22. The van der Waals surface area contributed by atoms with E-state index in [1.165, 1.54) is 32.1 Å². The highest BCUT2D eigenvalue weighted by Crippen LogP contribution is 2.25. The Kier molecular flexibility index (Phi) is 3.40. The molecule has 104 valence electrons. The van der Waals surface area contributed by atoms with Crippen molar-refractivity contribution < 1.29 is 0 Å². The Labute approximate surface area is 113 Å². The zero-order valence-corrected chi connectivity index (χ0v) is 11.5. The summed E-state index contributed by atoms with van der Waals surface area (Å²) in [7, 11) is 2.01. The number of hydrogen-bond acceptors (Lipinski definition) is 3. The van der Waals surface area contributed by atoms with E-state index >= 15 is 0 Å². The molecular formula is C13H22N6. The minimum Gasteiger partial charge on any atom is -0.370 e. The van der Waals surface area contributed by atoms with Gasteiger partial charge in [-0.25, -0.2) is 4.99 Å². The van der Waals surface area contributed by atoms with Crippen LogP contribution in [-0.4, -0.2) is 38.7 Å². The standard InChI is InChI=1S/C13H22N6/c1-18(10-6-7-10)13(14)15-9-12-17-16-11-5-3-2-4-8-19(11)12/h10H,2-9H2,1H3,(H2,14,15). The molecule has 0 bridgehead atoms. The number of nitrogens with two attached hydrogens (primary N) is 1. The van der Waals surface area contributed by atoms with Gasteiger partial charge in [-0.15, -0.1) is 10.2 Å². The minimum atomic E-state index is 0.538. The topological polar surface area (TPSA) is 72.3 Å². The molecule has 0 saturated heterocycles. The Morgan fingerprint density at radius 1 is 1.37 bits per heavy atom. The number of aryl methyl sites for hydroxylation is 1. The number of nitrogens with zero attached hydrogens (tertiary/aromatic N) is 5. The molecule has 0 aromatic carbocycles. The van der Waals surface area contributed by atoms with Crippen LogP contribution in [0.4, 0.5) is 0 Å². The van der Waals surface area contributed by atoms with Crippen molar-refractivity contribution in [2.75, 3.05) is 7.05 Å². The van der Waals surface area contributed by atoms with E-state index in [2.05, 4.69) is 24.7 Å². The second-order valence-corrected chi connectivity index (χ2v) is 5.51. The highest BCUT2D eigenvalue weighted by molar-refractivity contribution is 5.78. The molecule has 1 fully saturated rings. The molecule has 1 aromatic heterocycles. The zero-order chi connectivity index (χ0) is 13.2. The Bertz CT molecular complexity index is 473. The van der Waals surface area contributed by atoms with Crippen LogP contribution >= 0.6 is 0 Å². The monoisotopic (exact) mass is 262 g/mol. The Morgan fingerprint density at radius 3 is 3.00 bits per heavy atom. The van der Waals surface area contributed by atoms with Gasteiger partial charge in [0.15, 0.2) is 11.8 Å². The number of hydrogen-bond donors (Lipinski definition) is 1. The molecule has 1 aliphatic carbocycles. The summed E-state index contributed by atoms with van der Waals surface area (Å²) in [5.41, 5.74) is 6.00.